The van der Waals surface area contributed by atoms with Crippen LogP contribution in [0.15, 0.2) is 48.6 Å². The third-order valence-electron chi connectivity index (χ3n) is 4.78. The molecule has 0 bridgehead atoms. The van der Waals surface area contributed by atoms with E-state index >= 15 is 0 Å². The van der Waals surface area contributed by atoms with Gasteiger partial charge in [0.15, 0.2) is 5.78 Å². The van der Waals surface area contributed by atoms with Crippen LogP contribution in [0.1, 0.15) is 40.3 Å². The topological polar surface area (TPSA) is 17.1 Å². The second kappa shape index (κ2) is 4.81. The molecule has 1 nitrogen and oxygen atoms in total. The lowest BCUT2D eigenvalue weighted by atomic mass is 9.82. The van der Waals surface area contributed by atoms with Crippen molar-refractivity contribution in [1.29, 1.82) is 0 Å². The number of fused-ring (bicyclic) bond motifs is 2. The first kappa shape index (κ1) is 13.3. The molecule has 0 radical (unpaired) electrons. The van der Waals surface area contributed by atoms with Crippen LogP contribution in [0, 0.1) is 6.92 Å². The zero-order valence-electron chi connectivity index (χ0n) is 12.9. The summed E-state index contributed by atoms with van der Waals surface area (Å²) < 4.78 is 0. The minimum Gasteiger partial charge on any atom is -0.294 e. The van der Waals surface area contributed by atoms with Crippen molar-refractivity contribution in [2.75, 3.05) is 0 Å². The van der Waals surface area contributed by atoms with E-state index in [-0.39, 0.29) is 5.78 Å². The SMILES string of the molecule is CC1=CCc2cc3c(cc21)C(c1ccccc1C)=CC(=O)C3. The van der Waals surface area contributed by atoms with Gasteiger partial charge in [-0.1, -0.05) is 36.4 Å². The van der Waals surface area contributed by atoms with Crippen molar-refractivity contribution in [3.8, 4) is 0 Å². The average molecular weight is 286 g/mol. The smallest absolute Gasteiger partial charge is 0.160 e. The Kier molecular flexibility index (Phi) is 2.90. The van der Waals surface area contributed by atoms with Gasteiger partial charge in [0.25, 0.3) is 0 Å². The van der Waals surface area contributed by atoms with Gasteiger partial charge in [-0.25, -0.2) is 0 Å². The van der Waals surface area contributed by atoms with Gasteiger partial charge >= 0.3 is 0 Å². The summed E-state index contributed by atoms with van der Waals surface area (Å²) in [6.07, 6.45) is 5.61. The van der Waals surface area contributed by atoms with E-state index in [1.165, 1.54) is 33.4 Å². The van der Waals surface area contributed by atoms with Crippen molar-refractivity contribution in [2.45, 2.75) is 26.7 Å². The Labute approximate surface area is 131 Å². The Hall–Kier alpha value is -2.41. The summed E-state index contributed by atoms with van der Waals surface area (Å²) in [5.41, 5.74) is 9.89. The molecule has 0 heterocycles. The van der Waals surface area contributed by atoms with Gasteiger partial charge in [0.05, 0.1) is 0 Å². The Morgan fingerprint density at radius 3 is 2.55 bits per heavy atom. The van der Waals surface area contributed by atoms with Crippen LogP contribution < -0.4 is 0 Å². The number of hydrogen-bond donors (Lipinski definition) is 0. The number of benzene rings is 2. The fraction of sp³-hybridized carbons (Fsp3) is 0.190. The van der Waals surface area contributed by atoms with Crippen molar-refractivity contribution in [3.05, 3.63) is 81.9 Å². The summed E-state index contributed by atoms with van der Waals surface area (Å²) in [5, 5.41) is 0. The molecular weight excluding hydrogens is 268 g/mol. The Bertz CT molecular complexity index is 865. The van der Waals surface area contributed by atoms with Crippen LogP contribution in [-0.2, 0) is 17.6 Å². The van der Waals surface area contributed by atoms with E-state index in [1.807, 2.05) is 18.2 Å². The van der Waals surface area contributed by atoms with Gasteiger partial charge in [-0.05, 0) is 76.9 Å². The summed E-state index contributed by atoms with van der Waals surface area (Å²) in [4.78, 5) is 12.2. The summed E-state index contributed by atoms with van der Waals surface area (Å²) in [5.74, 6) is 0.202. The summed E-state index contributed by atoms with van der Waals surface area (Å²) >= 11 is 0. The lowest BCUT2D eigenvalue weighted by Crippen LogP contribution is -2.11. The highest BCUT2D eigenvalue weighted by Gasteiger charge is 2.23. The van der Waals surface area contributed by atoms with E-state index in [0.29, 0.717) is 6.42 Å². The highest BCUT2D eigenvalue weighted by molar-refractivity contribution is 6.06. The summed E-state index contributed by atoms with van der Waals surface area (Å²) in [6, 6.07) is 12.8. The number of hydrogen-bond acceptors (Lipinski definition) is 1. The molecule has 0 atom stereocenters. The first-order chi connectivity index (χ1) is 10.6. The highest BCUT2D eigenvalue weighted by atomic mass is 16.1. The predicted molar refractivity (Wildman–Crippen MR) is 90.8 cm³/mol. The number of carbonyl (C=O) groups is 1. The van der Waals surface area contributed by atoms with Crippen molar-refractivity contribution >= 4 is 16.9 Å². The molecule has 22 heavy (non-hydrogen) atoms. The third kappa shape index (κ3) is 1.97. The lowest BCUT2D eigenvalue weighted by Gasteiger charge is -2.21. The van der Waals surface area contributed by atoms with Crippen LogP contribution in [-0.4, -0.2) is 5.78 Å². The Morgan fingerprint density at radius 2 is 1.73 bits per heavy atom. The monoisotopic (exact) mass is 286 g/mol. The van der Waals surface area contributed by atoms with Gasteiger partial charge in [0.2, 0.25) is 0 Å². The van der Waals surface area contributed by atoms with Crippen LogP contribution in [0.4, 0.5) is 0 Å². The lowest BCUT2D eigenvalue weighted by molar-refractivity contribution is -0.114. The normalized spacial score (nSPS) is 16.0. The number of aryl methyl sites for hydroxylation is 1. The van der Waals surface area contributed by atoms with Gasteiger partial charge in [0, 0.05) is 6.42 Å². The molecule has 0 unspecified atom stereocenters. The molecule has 0 aliphatic heterocycles. The van der Waals surface area contributed by atoms with Gasteiger partial charge in [-0.3, -0.25) is 4.79 Å². The van der Waals surface area contributed by atoms with Crippen molar-refractivity contribution in [3.63, 3.8) is 0 Å². The quantitative estimate of drug-likeness (QED) is 0.753. The zero-order chi connectivity index (χ0) is 15.3. The maximum absolute atomic E-state index is 12.2. The molecule has 0 amide bonds. The fourth-order valence-electron chi connectivity index (χ4n) is 3.58. The first-order valence-electron chi connectivity index (χ1n) is 7.77. The van der Waals surface area contributed by atoms with Crippen LogP contribution in [0.25, 0.3) is 11.1 Å². The van der Waals surface area contributed by atoms with Gasteiger partial charge in [-0.15, -0.1) is 0 Å². The molecule has 1 heteroatoms. The first-order valence-corrected chi connectivity index (χ1v) is 7.77. The van der Waals surface area contributed by atoms with Crippen LogP contribution >= 0.6 is 0 Å². The molecule has 108 valence electrons. The van der Waals surface area contributed by atoms with Crippen LogP contribution in [0.5, 0.6) is 0 Å². The van der Waals surface area contributed by atoms with E-state index < -0.39 is 0 Å². The zero-order valence-corrected chi connectivity index (χ0v) is 12.9. The number of rotatable bonds is 1. The highest BCUT2D eigenvalue weighted by Crippen LogP contribution is 2.37. The van der Waals surface area contributed by atoms with Crippen molar-refractivity contribution < 1.29 is 4.79 Å². The number of ketones is 1. The largest absolute Gasteiger partial charge is 0.294 e. The molecular formula is C21H18O. The number of allylic oxidation sites excluding steroid dienone is 3. The van der Waals surface area contributed by atoms with E-state index in [1.54, 1.807) is 0 Å². The standard InChI is InChI=1S/C21H18O/c1-13-5-3-4-6-18(13)21-11-17(22)10-16-9-15-8-7-14(2)19(15)12-20(16)21/h3-7,9,11-12H,8,10H2,1-2H3. The van der Waals surface area contributed by atoms with E-state index in [4.69, 9.17) is 0 Å². The van der Waals surface area contributed by atoms with Crippen molar-refractivity contribution in [1.82, 2.24) is 0 Å². The van der Waals surface area contributed by atoms with E-state index in [9.17, 15) is 4.79 Å². The molecule has 0 fully saturated rings. The van der Waals surface area contributed by atoms with Crippen LogP contribution in [0.3, 0.4) is 0 Å². The van der Waals surface area contributed by atoms with Crippen molar-refractivity contribution in [2.24, 2.45) is 0 Å². The van der Waals surface area contributed by atoms with E-state index in [0.717, 1.165) is 17.6 Å². The Balaban J connectivity index is 1.95. The molecule has 0 saturated carbocycles. The molecule has 2 aliphatic rings. The molecule has 4 rings (SSSR count). The van der Waals surface area contributed by atoms with Crippen LogP contribution in [0.2, 0.25) is 0 Å². The Morgan fingerprint density at radius 1 is 0.909 bits per heavy atom. The minimum absolute atomic E-state index is 0.202. The molecule has 2 aromatic carbocycles. The average Bonchev–Trinajstić information content (AvgIpc) is 2.86. The second-order valence-corrected chi connectivity index (χ2v) is 6.27. The molecule has 0 spiro atoms. The number of carbonyl (C=O) groups excluding carboxylic acids is 1. The summed E-state index contributed by atoms with van der Waals surface area (Å²) in [7, 11) is 0. The predicted octanol–water partition coefficient (Wildman–Crippen LogP) is 4.51. The van der Waals surface area contributed by atoms with E-state index in [2.05, 4.69) is 44.2 Å². The molecule has 0 N–H and O–H groups in total. The third-order valence-corrected chi connectivity index (χ3v) is 4.78. The van der Waals surface area contributed by atoms with Gasteiger partial charge < -0.3 is 0 Å². The maximum Gasteiger partial charge on any atom is 0.160 e. The van der Waals surface area contributed by atoms with Gasteiger partial charge in [-0.2, -0.15) is 0 Å². The molecule has 0 saturated heterocycles. The van der Waals surface area contributed by atoms with Gasteiger partial charge in [0.1, 0.15) is 0 Å². The molecule has 0 aromatic heterocycles. The molecule has 2 aromatic rings. The summed E-state index contributed by atoms with van der Waals surface area (Å²) in [6.45, 7) is 4.27. The fourth-order valence-corrected chi connectivity index (χ4v) is 3.58. The minimum atomic E-state index is 0.202. The molecule has 2 aliphatic carbocycles. The maximum atomic E-state index is 12.2. The second-order valence-electron chi connectivity index (χ2n) is 6.27.